The van der Waals surface area contributed by atoms with Crippen molar-refractivity contribution in [1.29, 1.82) is 0 Å². The lowest BCUT2D eigenvalue weighted by atomic mass is 9.55. The normalized spacial score (nSPS) is 39.5. The van der Waals surface area contributed by atoms with E-state index >= 15 is 0 Å². The van der Waals surface area contributed by atoms with Crippen molar-refractivity contribution in [2.75, 3.05) is 7.11 Å². The fourth-order valence-corrected chi connectivity index (χ4v) is 18.2. The highest BCUT2D eigenvalue weighted by Crippen LogP contribution is 2.78. The number of rotatable bonds is 8. The number of methoxy groups -OCH3 is 1. The third-order valence-electron chi connectivity index (χ3n) is 12.7. The molecule has 2 aromatic carbocycles. The van der Waals surface area contributed by atoms with Gasteiger partial charge in [-0.05, 0) is 172 Å². The molecule has 10 rings (SSSR count). The molecule has 1 N–H and O–H groups in total. The second kappa shape index (κ2) is 10.7. The molecular weight excluding hydrogens is 565 g/mol. The van der Waals surface area contributed by atoms with Gasteiger partial charge in [-0.3, -0.25) is 0 Å². The van der Waals surface area contributed by atoms with E-state index in [1.165, 1.54) is 88.2 Å². The number of ether oxygens (including phenoxy) is 1. The van der Waals surface area contributed by atoms with E-state index in [0.717, 1.165) is 41.3 Å². The number of hydrogen-bond donors (Lipinski definition) is 1. The zero-order valence-corrected chi connectivity index (χ0v) is 28.5. The second-order valence-corrected chi connectivity index (χ2v) is 21.9. The molecule has 0 radical (unpaired) electrons. The van der Waals surface area contributed by atoms with Crippen molar-refractivity contribution in [1.82, 2.24) is 4.72 Å². The third kappa shape index (κ3) is 5.09. The molecule has 1 unspecified atom stereocenters. The smallest absolute Gasteiger partial charge is 0.118 e. The molecule has 2 atom stereocenters. The van der Waals surface area contributed by atoms with Crippen LogP contribution < -0.4 is 14.8 Å². The van der Waals surface area contributed by atoms with Crippen molar-refractivity contribution in [3.63, 3.8) is 0 Å². The van der Waals surface area contributed by atoms with Gasteiger partial charge in [0.1, 0.15) is 5.75 Å². The second-order valence-electron chi connectivity index (χ2n) is 16.9. The highest BCUT2D eigenvalue weighted by molar-refractivity contribution is 7.84. The van der Waals surface area contributed by atoms with Crippen LogP contribution in [0.4, 0.5) is 0 Å². The maximum atomic E-state index is 13.9. The van der Waals surface area contributed by atoms with E-state index in [9.17, 15) is 4.21 Å². The molecule has 5 heteroatoms. The summed E-state index contributed by atoms with van der Waals surface area (Å²) in [5, 5.41) is 2.67. The van der Waals surface area contributed by atoms with Crippen LogP contribution in [0.3, 0.4) is 0 Å². The first-order valence-corrected chi connectivity index (χ1v) is 19.8. The first kappa shape index (κ1) is 29.2. The van der Waals surface area contributed by atoms with Crippen molar-refractivity contribution < 1.29 is 8.95 Å². The van der Waals surface area contributed by atoms with Gasteiger partial charge >= 0.3 is 0 Å². The lowest BCUT2D eigenvalue weighted by molar-refractivity contribution is 0.0195. The summed E-state index contributed by atoms with van der Waals surface area (Å²) in [4.78, 5) is 0. The Labute approximate surface area is 264 Å². The van der Waals surface area contributed by atoms with Gasteiger partial charge in [-0.2, -0.15) is 0 Å². The quantitative estimate of drug-likeness (QED) is 0.301. The van der Waals surface area contributed by atoms with Gasteiger partial charge in [0.2, 0.25) is 0 Å². The summed E-state index contributed by atoms with van der Waals surface area (Å²) in [6, 6.07) is 18.0. The van der Waals surface area contributed by atoms with E-state index < -0.39 is 11.0 Å². The van der Waals surface area contributed by atoms with Gasteiger partial charge in [-0.15, -0.1) is 0 Å². The van der Waals surface area contributed by atoms with Crippen LogP contribution in [-0.2, 0) is 11.0 Å². The molecule has 0 aliphatic heterocycles. The molecule has 43 heavy (non-hydrogen) atoms. The van der Waals surface area contributed by atoms with Crippen molar-refractivity contribution in [2.24, 2.45) is 35.5 Å². The van der Waals surface area contributed by atoms with Crippen LogP contribution in [-0.4, -0.2) is 26.4 Å². The maximum Gasteiger partial charge on any atom is 0.118 e. The average molecular weight is 618 g/mol. The summed E-state index contributed by atoms with van der Waals surface area (Å²) < 4.78 is 22.8. The first-order chi connectivity index (χ1) is 20.6. The van der Waals surface area contributed by atoms with Crippen LogP contribution in [0.2, 0.25) is 0 Å². The Hall–Kier alpha value is -1.22. The van der Waals surface area contributed by atoms with Crippen LogP contribution in [0, 0.1) is 35.5 Å². The number of hydrogen-bond acceptors (Lipinski definition) is 2. The molecule has 0 heterocycles. The van der Waals surface area contributed by atoms with Crippen molar-refractivity contribution in [3.8, 4) is 5.75 Å². The van der Waals surface area contributed by atoms with Crippen LogP contribution >= 0.6 is 7.92 Å². The van der Waals surface area contributed by atoms with E-state index in [4.69, 9.17) is 4.74 Å². The van der Waals surface area contributed by atoms with Crippen LogP contribution in [0.1, 0.15) is 115 Å². The minimum atomic E-state index is -1.19. The monoisotopic (exact) mass is 617 g/mol. The SMILES string of the molecule is COc1ccc([C@@H](NS(=O)C(C)(C)C)c2ccccc2P(C23CC4CC(CC(C4)C2)C3)C23CC4CC(CC(C4)C2)C3)cc1. The van der Waals surface area contributed by atoms with Gasteiger partial charge in [0.05, 0.1) is 28.9 Å². The lowest BCUT2D eigenvalue weighted by Crippen LogP contribution is -2.58. The standard InChI is InChI=1S/C38H52NO2PS/c1-36(2,3)43(40)39-35(31-9-11-32(41-4)12-10-31)33-7-5-6-8-34(33)42(37-19-25-13-26(20-37)15-27(14-25)21-37)38-22-28-16-29(23-38)18-30(17-28)24-38/h5-12,25-30,35,39H,13-24H2,1-4H3/t25?,26?,27?,28?,29?,30?,35-,37?,38?,42?,43?/m1/s1. The van der Waals surface area contributed by atoms with E-state index in [2.05, 4.69) is 74.0 Å². The van der Waals surface area contributed by atoms with E-state index in [-0.39, 0.29) is 18.7 Å². The molecule has 8 saturated carbocycles. The molecule has 8 fully saturated rings. The Morgan fingerprint density at radius 1 is 0.744 bits per heavy atom. The Bertz CT molecular complexity index is 1260. The molecule has 8 aliphatic carbocycles. The zero-order chi connectivity index (χ0) is 29.6. The molecule has 3 nitrogen and oxygen atoms in total. The van der Waals surface area contributed by atoms with Gasteiger partial charge in [0, 0.05) is 0 Å². The zero-order valence-electron chi connectivity index (χ0n) is 26.8. The van der Waals surface area contributed by atoms with Crippen molar-refractivity contribution in [3.05, 3.63) is 59.7 Å². The largest absolute Gasteiger partial charge is 0.497 e. The molecule has 0 saturated heterocycles. The Morgan fingerprint density at radius 3 is 1.60 bits per heavy atom. The highest BCUT2D eigenvalue weighted by atomic mass is 32.2. The van der Waals surface area contributed by atoms with Crippen LogP contribution in [0.15, 0.2) is 48.5 Å². The fourth-order valence-electron chi connectivity index (χ4n) is 12.0. The molecule has 0 aromatic heterocycles. The average Bonchev–Trinajstić information content (AvgIpc) is 2.94. The molecule has 0 amide bonds. The summed E-state index contributed by atoms with van der Waals surface area (Å²) >= 11 is 0. The number of benzene rings is 2. The summed E-state index contributed by atoms with van der Waals surface area (Å²) in [5.74, 6) is 6.63. The van der Waals surface area contributed by atoms with E-state index in [0.29, 0.717) is 10.3 Å². The Morgan fingerprint density at radius 2 is 1.19 bits per heavy atom. The summed E-state index contributed by atoms with van der Waals surface area (Å²) in [6.07, 6.45) is 17.9. The minimum absolute atomic E-state index is 0.102. The molecule has 8 aliphatic rings. The predicted octanol–water partition coefficient (Wildman–Crippen LogP) is 8.88. The lowest BCUT2D eigenvalue weighted by Gasteiger charge is -2.67. The first-order valence-electron chi connectivity index (χ1n) is 17.3. The topological polar surface area (TPSA) is 38.3 Å². The van der Waals surface area contributed by atoms with E-state index in [1.54, 1.807) is 12.4 Å². The summed E-state index contributed by atoms with van der Waals surface area (Å²) in [7, 11) is 0.170. The molecule has 0 spiro atoms. The molecule has 2 aromatic rings. The van der Waals surface area contributed by atoms with Gasteiger partial charge in [-0.1, -0.05) is 44.3 Å². The predicted molar refractivity (Wildman–Crippen MR) is 181 cm³/mol. The van der Waals surface area contributed by atoms with Gasteiger partial charge in [-0.25, -0.2) is 8.93 Å². The van der Waals surface area contributed by atoms with Crippen molar-refractivity contribution >= 4 is 24.2 Å². The minimum Gasteiger partial charge on any atom is -0.497 e. The fraction of sp³-hybridized carbons (Fsp3) is 0.684. The molecule has 8 bridgehead atoms. The molecule has 232 valence electrons. The van der Waals surface area contributed by atoms with Crippen molar-refractivity contribution in [2.45, 2.75) is 119 Å². The van der Waals surface area contributed by atoms with Crippen LogP contribution in [0.5, 0.6) is 5.75 Å². The Kier molecular flexibility index (Phi) is 7.24. The summed E-state index contributed by atoms with van der Waals surface area (Å²) in [5.41, 5.74) is 2.60. The molecular formula is C38H52NO2PS. The van der Waals surface area contributed by atoms with Gasteiger partial charge in [0.25, 0.3) is 0 Å². The highest BCUT2D eigenvalue weighted by Gasteiger charge is 2.63. The summed E-state index contributed by atoms with van der Waals surface area (Å²) in [6.45, 7) is 6.26. The van der Waals surface area contributed by atoms with E-state index in [1.807, 2.05) is 0 Å². The number of nitrogens with one attached hydrogen (secondary N) is 1. The third-order valence-corrected chi connectivity index (χ3v) is 18.1. The van der Waals surface area contributed by atoms with Gasteiger partial charge < -0.3 is 4.74 Å². The van der Waals surface area contributed by atoms with Crippen LogP contribution in [0.25, 0.3) is 0 Å². The Balaban J connectivity index is 1.29. The van der Waals surface area contributed by atoms with Gasteiger partial charge in [0.15, 0.2) is 0 Å². The maximum absolute atomic E-state index is 13.9.